The Bertz CT molecular complexity index is 1030. The van der Waals surface area contributed by atoms with Gasteiger partial charge in [0.15, 0.2) is 5.82 Å². The van der Waals surface area contributed by atoms with Gasteiger partial charge in [0.2, 0.25) is 5.91 Å². The lowest BCUT2D eigenvalue weighted by Crippen LogP contribution is -2.50. The normalized spacial score (nSPS) is 18.8. The molecule has 0 radical (unpaired) electrons. The standard InChI is InChI=1S/C22H24N6O2/c1-16(28-15-23-14-25-28)21(29)27-10-8-22(9-11-27)19-18(7-12-30-22)13-24-20(26-19)17-5-3-2-4-6-17/h2-6,13-16H,7-12H2,1H3. The first-order valence-corrected chi connectivity index (χ1v) is 10.3. The van der Waals surface area contributed by atoms with Crippen LogP contribution in [0, 0.1) is 0 Å². The second-order valence-electron chi connectivity index (χ2n) is 7.90. The van der Waals surface area contributed by atoms with Crippen LogP contribution in [0.2, 0.25) is 0 Å². The fraction of sp³-hybridized carbons (Fsp3) is 0.409. The number of piperidine rings is 1. The molecular formula is C22H24N6O2. The van der Waals surface area contributed by atoms with Crippen molar-refractivity contribution in [3.05, 3.63) is 60.4 Å². The van der Waals surface area contributed by atoms with Crippen molar-refractivity contribution in [1.29, 1.82) is 0 Å². The van der Waals surface area contributed by atoms with Gasteiger partial charge in [-0.3, -0.25) is 4.79 Å². The highest BCUT2D eigenvalue weighted by molar-refractivity contribution is 5.80. The predicted molar refractivity (Wildman–Crippen MR) is 109 cm³/mol. The van der Waals surface area contributed by atoms with E-state index in [-0.39, 0.29) is 11.9 Å². The first-order chi connectivity index (χ1) is 14.7. The number of aromatic nitrogens is 5. The number of carbonyl (C=O) groups excluding carboxylic acids is 1. The number of carbonyl (C=O) groups is 1. The number of hydrogen-bond acceptors (Lipinski definition) is 6. The Morgan fingerprint density at radius 1 is 1.20 bits per heavy atom. The molecule has 0 N–H and O–H groups in total. The molecule has 2 aromatic heterocycles. The molecule has 0 bridgehead atoms. The molecule has 30 heavy (non-hydrogen) atoms. The van der Waals surface area contributed by atoms with Crippen LogP contribution in [0.3, 0.4) is 0 Å². The number of benzene rings is 1. The molecule has 2 aliphatic rings. The summed E-state index contributed by atoms with van der Waals surface area (Å²) in [6.07, 6.45) is 7.24. The zero-order chi connectivity index (χ0) is 20.6. The van der Waals surface area contributed by atoms with Crippen LogP contribution in [0.4, 0.5) is 0 Å². The van der Waals surface area contributed by atoms with Crippen LogP contribution in [0.1, 0.15) is 37.1 Å². The van der Waals surface area contributed by atoms with Gasteiger partial charge in [0.25, 0.3) is 0 Å². The molecule has 4 heterocycles. The molecule has 1 amide bonds. The Balaban J connectivity index is 1.38. The maximum atomic E-state index is 12.9. The molecule has 1 unspecified atom stereocenters. The Hall–Kier alpha value is -3.13. The highest BCUT2D eigenvalue weighted by Gasteiger charge is 2.44. The Morgan fingerprint density at radius 2 is 2.00 bits per heavy atom. The van der Waals surface area contributed by atoms with Crippen molar-refractivity contribution < 1.29 is 9.53 Å². The van der Waals surface area contributed by atoms with Gasteiger partial charge in [0.1, 0.15) is 24.3 Å². The molecule has 3 aromatic rings. The summed E-state index contributed by atoms with van der Waals surface area (Å²) in [5.41, 5.74) is 2.68. The van der Waals surface area contributed by atoms with Crippen LogP contribution in [0.5, 0.6) is 0 Å². The van der Waals surface area contributed by atoms with Gasteiger partial charge in [-0.2, -0.15) is 5.10 Å². The van der Waals surface area contributed by atoms with E-state index in [4.69, 9.17) is 9.72 Å². The molecule has 5 rings (SSSR count). The van der Waals surface area contributed by atoms with Gasteiger partial charge in [0, 0.05) is 24.8 Å². The van der Waals surface area contributed by atoms with Crippen LogP contribution >= 0.6 is 0 Å². The lowest BCUT2D eigenvalue weighted by atomic mass is 9.83. The maximum absolute atomic E-state index is 12.9. The van der Waals surface area contributed by atoms with E-state index >= 15 is 0 Å². The SMILES string of the molecule is CC(C(=O)N1CCC2(CC1)OCCc1cnc(-c3ccccc3)nc12)n1cncn1. The summed E-state index contributed by atoms with van der Waals surface area (Å²) in [6, 6.07) is 9.64. The van der Waals surface area contributed by atoms with Gasteiger partial charge in [-0.05, 0) is 31.7 Å². The van der Waals surface area contributed by atoms with E-state index in [1.54, 1.807) is 11.0 Å². The number of hydrogen-bond donors (Lipinski definition) is 0. The summed E-state index contributed by atoms with van der Waals surface area (Å²) in [6.45, 7) is 3.77. The smallest absolute Gasteiger partial charge is 0.247 e. The molecular weight excluding hydrogens is 380 g/mol. The summed E-state index contributed by atoms with van der Waals surface area (Å²) < 4.78 is 7.92. The number of ether oxygens (including phenoxy) is 1. The molecule has 1 aromatic carbocycles. The number of fused-ring (bicyclic) bond motifs is 2. The lowest BCUT2D eigenvalue weighted by Gasteiger charge is -2.44. The summed E-state index contributed by atoms with van der Waals surface area (Å²) in [7, 11) is 0. The largest absolute Gasteiger partial charge is 0.368 e. The summed E-state index contributed by atoms with van der Waals surface area (Å²) >= 11 is 0. The molecule has 0 aliphatic carbocycles. The zero-order valence-electron chi connectivity index (χ0n) is 16.9. The maximum Gasteiger partial charge on any atom is 0.247 e. The highest BCUT2D eigenvalue weighted by atomic mass is 16.5. The zero-order valence-corrected chi connectivity index (χ0v) is 16.9. The van der Waals surface area contributed by atoms with Gasteiger partial charge < -0.3 is 9.64 Å². The van der Waals surface area contributed by atoms with Gasteiger partial charge in [-0.15, -0.1) is 0 Å². The number of likely N-dealkylation sites (tertiary alicyclic amines) is 1. The molecule has 154 valence electrons. The first kappa shape index (κ1) is 18.9. The van der Waals surface area contributed by atoms with E-state index in [1.807, 2.05) is 48.4 Å². The summed E-state index contributed by atoms with van der Waals surface area (Å²) in [4.78, 5) is 28.3. The van der Waals surface area contributed by atoms with Crippen molar-refractivity contribution in [3.63, 3.8) is 0 Å². The Labute approximate surface area is 174 Å². The average molecular weight is 404 g/mol. The van der Waals surface area contributed by atoms with Crippen LogP contribution < -0.4 is 0 Å². The van der Waals surface area contributed by atoms with Crippen LogP contribution in [-0.2, 0) is 21.6 Å². The first-order valence-electron chi connectivity index (χ1n) is 10.3. The van der Waals surface area contributed by atoms with Crippen molar-refractivity contribution >= 4 is 5.91 Å². The molecule has 8 nitrogen and oxygen atoms in total. The Morgan fingerprint density at radius 3 is 2.73 bits per heavy atom. The van der Waals surface area contributed by atoms with E-state index in [0.717, 1.165) is 41.9 Å². The van der Waals surface area contributed by atoms with Crippen molar-refractivity contribution in [2.75, 3.05) is 19.7 Å². The third-order valence-electron chi connectivity index (χ3n) is 6.15. The van der Waals surface area contributed by atoms with E-state index in [0.29, 0.717) is 19.7 Å². The Kier molecular flexibility index (Phi) is 4.78. The van der Waals surface area contributed by atoms with Gasteiger partial charge >= 0.3 is 0 Å². The third kappa shape index (κ3) is 3.27. The highest BCUT2D eigenvalue weighted by Crippen LogP contribution is 2.41. The fourth-order valence-corrected chi connectivity index (χ4v) is 4.40. The van der Waals surface area contributed by atoms with Gasteiger partial charge in [-0.25, -0.2) is 19.6 Å². The third-order valence-corrected chi connectivity index (χ3v) is 6.15. The van der Waals surface area contributed by atoms with E-state index in [2.05, 4.69) is 15.1 Å². The van der Waals surface area contributed by atoms with Crippen molar-refractivity contribution in [1.82, 2.24) is 29.6 Å². The number of amides is 1. The van der Waals surface area contributed by atoms with Gasteiger partial charge in [0.05, 0.1) is 12.3 Å². The van der Waals surface area contributed by atoms with Crippen LogP contribution in [0.15, 0.2) is 49.2 Å². The summed E-state index contributed by atoms with van der Waals surface area (Å²) in [5.74, 6) is 0.775. The second-order valence-corrected chi connectivity index (χ2v) is 7.90. The molecule has 0 saturated carbocycles. The summed E-state index contributed by atoms with van der Waals surface area (Å²) in [5, 5.41) is 4.10. The molecule has 8 heteroatoms. The molecule has 1 fully saturated rings. The number of nitrogens with zero attached hydrogens (tertiary/aromatic N) is 6. The fourth-order valence-electron chi connectivity index (χ4n) is 4.40. The second kappa shape index (κ2) is 7.60. The quantitative estimate of drug-likeness (QED) is 0.666. The molecule has 1 spiro atoms. The molecule has 1 atom stereocenters. The predicted octanol–water partition coefficient (Wildman–Crippen LogP) is 2.39. The molecule has 1 saturated heterocycles. The average Bonchev–Trinajstić information content (AvgIpc) is 3.34. The van der Waals surface area contributed by atoms with E-state index in [1.165, 1.54) is 6.33 Å². The van der Waals surface area contributed by atoms with Crippen LogP contribution in [0.25, 0.3) is 11.4 Å². The van der Waals surface area contributed by atoms with E-state index < -0.39 is 5.60 Å². The van der Waals surface area contributed by atoms with Crippen molar-refractivity contribution in [3.8, 4) is 11.4 Å². The molecule has 2 aliphatic heterocycles. The minimum atomic E-state index is -0.451. The van der Waals surface area contributed by atoms with Gasteiger partial charge in [-0.1, -0.05) is 30.3 Å². The minimum Gasteiger partial charge on any atom is -0.368 e. The topological polar surface area (TPSA) is 86.0 Å². The van der Waals surface area contributed by atoms with E-state index in [9.17, 15) is 4.79 Å². The lowest BCUT2D eigenvalue weighted by molar-refractivity contribution is -0.144. The van der Waals surface area contributed by atoms with Crippen molar-refractivity contribution in [2.45, 2.75) is 37.8 Å². The monoisotopic (exact) mass is 404 g/mol. The minimum absolute atomic E-state index is 0.0547. The van der Waals surface area contributed by atoms with Crippen LogP contribution in [-0.4, -0.2) is 55.2 Å². The number of rotatable bonds is 3. The van der Waals surface area contributed by atoms with Crippen molar-refractivity contribution in [2.24, 2.45) is 0 Å².